The maximum atomic E-state index is 9.21. The number of likely N-dealkylation sites (tertiary alicyclic amines) is 1. The van der Waals surface area contributed by atoms with Crippen LogP contribution >= 0.6 is 11.3 Å². The number of aliphatic hydroxyl groups is 1. The number of nitrogens with zero attached hydrogens (tertiary/aromatic N) is 3. The lowest BCUT2D eigenvalue weighted by Crippen LogP contribution is -2.39. The Hall–Kier alpha value is -0.720. The molecule has 1 aromatic heterocycles. The molecule has 0 saturated carbocycles. The molecule has 1 saturated heterocycles. The van der Waals surface area contributed by atoms with Gasteiger partial charge in [0.25, 0.3) is 0 Å². The van der Waals surface area contributed by atoms with Crippen LogP contribution in [0.15, 0.2) is 0 Å². The van der Waals surface area contributed by atoms with Crippen LogP contribution in [0.3, 0.4) is 0 Å². The summed E-state index contributed by atoms with van der Waals surface area (Å²) >= 11 is 1.64. The predicted molar refractivity (Wildman–Crippen MR) is 78.7 cm³/mol. The van der Waals surface area contributed by atoms with Gasteiger partial charge in [0.1, 0.15) is 5.01 Å². The molecular formula is C13H24N4OS. The molecule has 0 spiro atoms. The van der Waals surface area contributed by atoms with E-state index in [-0.39, 0.29) is 0 Å². The van der Waals surface area contributed by atoms with Crippen LogP contribution in [0.4, 0.5) is 5.13 Å². The van der Waals surface area contributed by atoms with Crippen molar-refractivity contribution in [1.29, 1.82) is 0 Å². The van der Waals surface area contributed by atoms with Crippen LogP contribution in [0.1, 0.15) is 37.6 Å². The summed E-state index contributed by atoms with van der Waals surface area (Å²) in [4.78, 5) is 2.42. The molecule has 1 aliphatic heterocycles. The zero-order valence-electron chi connectivity index (χ0n) is 11.8. The lowest BCUT2D eigenvalue weighted by Gasteiger charge is -2.31. The number of hydrogen-bond donors (Lipinski definition) is 2. The number of anilines is 1. The molecular weight excluding hydrogens is 260 g/mol. The molecule has 6 heteroatoms. The molecule has 1 fully saturated rings. The topological polar surface area (TPSA) is 61.3 Å². The minimum atomic E-state index is 0.318. The first-order chi connectivity index (χ1) is 9.19. The molecule has 5 nitrogen and oxygen atoms in total. The zero-order valence-corrected chi connectivity index (χ0v) is 12.6. The van der Waals surface area contributed by atoms with E-state index < -0.39 is 0 Å². The van der Waals surface area contributed by atoms with Gasteiger partial charge in [-0.15, -0.1) is 10.2 Å². The number of hydrogen-bond acceptors (Lipinski definition) is 6. The highest BCUT2D eigenvalue weighted by atomic mass is 32.1. The molecule has 108 valence electrons. The van der Waals surface area contributed by atoms with Gasteiger partial charge in [-0.25, -0.2) is 0 Å². The van der Waals surface area contributed by atoms with Crippen LogP contribution in [0.25, 0.3) is 0 Å². The molecule has 2 N–H and O–H groups in total. The summed E-state index contributed by atoms with van der Waals surface area (Å²) in [5.74, 6) is 0.906. The summed E-state index contributed by atoms with van der Waals surface area (Å²) in [5, 5.41) is 22.9. The second kappa shape index (κ2) is 7.17. The van der Waals surface area contributed by atoms with Crippen molar-refractivity contribution in [3.63, 3.8) is 0 Å². The summed E-state index contributed by atoms with van der Waals surface area (Å²) in [7, 11) is 0. The Morgan fingerprint density at radius 1 is 1.47 bits per heavy atom. The van der Waals surface area contributed by atoms with Crippen molar-refractivity contribution in [2.24, 2.45) is 5.92 Å². The Kier molecular flexibility index (Phi) is 5.54. The van der Waals surface area contributed by atoms with E-state index in [0.29, 0.717) is 18.4 Å². The molecule has 0 radical (unpaired) electrons. The van der Waals surface area contributed by atoms with Crippen molar-refractivity contribution in [2.45, 2.75) is 32.6 Å². The highest BCUT2D eigenvalue weighted by molar-refractivity contribution is 7.15. The van der Waals surface area contributed by atoms with Gasteiger partial charge < -0.3 is 15.3 Å². The van der Waals surface area contributed by atoms with Gasteiger partial charge in [0, 0.05) is 32.2 Å². The van der Waals surface area contributed by atoms with Crippen LogP contribution in [-0.2, 0) is 0 Å². The Labute approximate surface area is 119 Å². The van der Waals surface area contributed by atoms with Crippen molar-refractivity contribution >= 4 is 16.5 Å². The second-order valence-electron chi connectivity index (χ2n) is 5.52. The summed E-state index contributed by atoms with van der Waals surface area (Å²) < 4.78 is 0. The van der Waals surface area contributed by atoms with E-state index in [9.17, 15) is 5.11 Å². The number of aliphatic hydroxyl groups excluding tert-OH is 1. The van der Waals surface area contributed by atoms with Gasteiger partial charge in [0.05, 0.1) is 0 Å². The molecule has 1 aromatic rings. The van der Waals surface area contributed by atoms with Crippen LogP contribution in [0.2, 0.25) is 0 Å². The minimum Gasteiger partial charge on any atom is -0.396 e. The fourth-order valence-corrected chi connectivity index (χ4v) is 3.14. The summed E-state index contributed by atoms with van der Waals surface area (Å²) in [6, 6.07) is 0. The summed E-state index contributed by atoms with van der Waals surface area (Å²) in [6.45, 7) is 8.65. The van der Waals surface area contributed by atoms with E-state index in [1.807, 2.05) is 0 Å². The monoisotopic (exact) mass is 284 g/mol. The lowest BCUT2D eigenvalue weighted by atomic mass is 9.99. The van der Waals surface area contributed by atoms with E-state index in [1.165, 1.54) is 6.42 Å². The molecule has 1 aliphatic rings. The molecule has 0 bridgehead atoms. The first-order valence-electron chi connectivity index (χ1n) is 7.09. The zero-order chi connectivity index (χ0) is 13.7. The maximum Gasteiger partial charge on any atom is 0.205 e. The van der Waals surface area contributed by atoms with Crippen LogP contribution in [0.5, 0.6) is 0 Å². The van der Waals surface area contributed by atoms with Gasteiger partial charge in [-0.1, -0.05) is 25.2 Å². The average molecular weight is 284 g/mol. The predicted octanol–water partition coefficient (Wildman–Crippen LogP) is 1.78. The average Bonchev–Trinajstić information content (AvgIpc) is 2.88. The first kappa shape index (κ1) is 14.7. The van der Waals surface area contributed by atoms with Gasteiger partial charge in [-0.05, 0) is 25.3 Å². The third-order valence-corrected chi connectivity index (χ3v) is 4.68. The van der Waals surface area contributed by atoms with Crippen molar-refractivity contribution in [3.8, 4) is 0 Å². The highest BCUT2D eigenvalue weighted by Crippen LogP contribution is 2.22. The fourth-order valence-electron chi connectivity index (χ4n) is 2.36. The smallest absolute Gasteiger partial charge is 0.205 e. The normalized spacial score (nSPS) is 20.9. The van der Waals surface area contributed by atoms with Crippen molar-refractivity contribution in [1.82, 2.24) is 15.1 Å². The van der Waals surface area contributed by atoms with Gasteiger partial charge in [0.2, 0.25) is 5.13 Å². The number of rotatable bonds is 6. The van der Waals surface area contributed by atoms with Crippen molar-refractivity contribution < 1.29 is 5.11 Å². The molecule has 0 aliphatic carbocycles. The molecule has 0 aromatic carbocycles. The third kappa shape index (κ3) is 4.40. The number of nitrogens with one attached hydrogen (secondary N) is 1. The van der Waals surface area contributed by atoms with Crippen LogP contribution < -0.4 is 5.32 Å². The van der Waals surface area contributed by atoms with Gasteiger partial charge in [0.15, 0.2) is 0 Å². The molecule has 19 heavy (non-hydrogen) atoms. The van der Waals surface area contributed by atoms with E-state index in [4.69, 9.17) is 0 Å². The highest BCUT2D eigenvalue weighted by Gasteiger charge is 2.18. The molecule has 2 rings (SSSR count). The minimum absolute atomic E-state index is 0.318. The Morgan fingerprint density at radius 3 is 3.00 bits per heavy atom. The fraction of sp³-hybridized carbons (Fsp3) is 0.846. The molecule has 0 unspecified atom stereocenters. The maximum absolute atomic E-state index is 9.21. The van der Waals surface area contributed by atoms with E-state index >= 15 is 0 Å². The number of aromatic nitrogens is 2. The van der Waals surface area contributed by atoms with E-state index in [0.717, 1.165) is 42.7 Å². The van der Waals surface area contributed by atoms with E-state index in [2.05, 4.69) is 34.3 Å². The first-order valence-corrected chi connectivity index (χ1v) is 7.91. The third-order valence-electron chi connectivity index (χ3n) is 3.50. The Bertz CT molecular complexity index is 382. The summed E-state index contributed by atoms with van der Waals surface area (Å²) in [5.41, 5.74) is 0. The SMILES string of the molecule is CC(C)c1nnc(NCCN2CCC[C@@H](CO)C2)s1. The molecule has 2 heterocycles. The number of piperidine rings is 1. The van der Waals surface area contributed by atoms with Gasteiger partial charge >= 0.3 is 0 Å². The van der Waals surface area contributed by atoms with E-state index in [1.54, 1.807) is 11.3 Å². The Morgan fingerprint density at radius 2 is 2.32 bits per heavy atom. The van der Waals surface area contributed by atoms with Crippen molar-refractivity contribution in [2.75, 3.05) is 38.1 Å². The molecule has 0 amide bonds. The largest absolute Gasteiger partial charge is 0.396 e. The Balaban J connectivity index is 1.70. The van der Waals surface area contributed by atoms with Crippen LogP contribution in [0, 0.1) is 5.92 Å². The van der Waals surface area contributed by atoms with Gasteiger partial charge in [-0.2, -0.15) is 0 Å². The summed E-state index contributed by atoms with van der Waals surface area (Å²) in [6.07, 6.45) is 2.36. The molecule has 1 atom stereocenters. The van der Waals surface area contributed by atoms with Gasteiger partial charge in [-0.3, -0.25) is 0 Å². The van der Waals surface area contributed by atoms with Crippen molar-refractivity contribution in [3.05, 3.63) is 5.01 Å². The standard InChI is InChI=1S/C13H24N4OS/c1-10(2)12-15-16-13(19-12)14-5-7-17-6-3-4-11(8-17)9-18/h10-11,18H,3-9H2,1-2H3,(H,14,16)/t11-/m1/s1. The quantitative estimate of drug-likeness (QED) is 0.834. The lowest BCUT2D eigenvalue weighted by molar-refractivity contribution is 0.123. The second-order valence-corrected chi connectivity index (χ2v) is 6.53. The van der Waals surface area contributed by atoms with Crippen LogP contribution in [-0.4, -0.2) is 53.0 Å².